The van der Waals surface area contributed by atoms with E-state index < -0.39 is 5.91 Å². The number of carbonyl (C=O) groups excluding carboxylic acids is 2. The van der Waals surface area contributed by atoms with Crippen molar-refractivity contribution in [3.05, 3.63) is 29.8 Å². The predicted molar refractivity (Wildman–Crippen MR) is 91.5 cm³/mol. The molecule has 0 unspecified atom stereocenters. The highest BCUT2D eigenvalue weighted by Crippen LogP contribution is 2.17. The van der Waals surface area contributed by atoms with Gasteiger partial charge in [0.1, 0.15) is 0 Å². The molecule has 1 saturated heterocycles. The average molecular weight is 318 g/mol. The van der Waals surface area contributed by atoms with Crippen molar-refractivity contribution in [2.24, 2.45) is 5.73 Å². The van der Waals surface area contributed by atoms with Crippen LogP contribution in [0.4, 0.5) is 5.69 Å². The molecule has 2 rings (SSSR count). The van der Waals surface area contributed by atoms with E-state index in [9.17, 15) is 9.59 Å². The van der Waals surface area contributed by atoms with Crippen LogP contribution in [0.3, 0.4) is 0 Å². The molecule has 0 aromatic heterocycles. The topological polar surface area (TPSA) is 78.7 Å². The first-order valence-corrected chi connectivity index (χ1v) is 7.93. The van der Waals surface area contributed by atoms with E-state index in [1.807, 2.05) is 32.9 Å². The van der Waals surface area contributed by atoms with Crippen LogP contribution in [0.25, 0.3) is 0 Å². The van der Waals surface area contributed by atoms with Gasteiger partial charge in [0, 0.05) is 43.0 Å². The minimum atomic E-state index is -0.411. The number of benzene rings is 1. The Morgan fingerprint density at radius 2 is 1.65 bits per heavy atom. The van der Waals surface area contributed by atoms with Gasteiger partial charge in [-0.15, -0.1) is 0 Å². The van der Waals surface area contributed by atoms with E-state index in [1.54, 1.807) is 12.1 Å². The van der Waals surface area contributed by atoms with Crippen LogP contribution in [0.15, 0.2) is 24.3 Å². The zero-order valence-corrected chi connectivity index (χ0v) is 14.1. The Labute approximate surface area is 137 Å². The molecule has 6 nitrogen and oxygen atoms in total. The number of rotatable bonds is 4. The first-order valence-electron chi connectivity index (χ1n) is 7.93. The zero-order chi connectivity index (χ0) is 17.0. The normalized spacial score (nSPS) is 16.2. The third-order valence-corrected chi connectivity index (χ3v) is 3.77. The SMILES string of the molecule is CC(C)(C)NC(=O)CN1CCN(c2ccc(C(N)=O)cc2)CC1. The molecule has 0 radical (unpaired) electrons. The first-order chi connectivity index (χ1) is 10.7. The molecule has 6 heteroatoms. The molecule has 0 saturated carbocycles. The summed E-state index contributed by atoms with van der Waals surface area (Å²) in [6.07, 6.45) is 0. The van der Waals surface area contributed by atoms with E-state index in [4.69, 9.17) is 5.73 Å². The van der Waals surface area contributed by atoms with E-state index in [0.29, 0.717) is 12.1 Å². The molecular formula is C17H26N4O2. The molecule has 0 bridgehead atoms. The van der Waals surface area contributed by atoms with Crippen LogP contribution in [0.5, 0.6) is 0 Å². The van der Waals surface area contributed by atoms with Crippen LogP contribution in [0, 0.1) is 0 Å². The van der Waals surface area contributed by atoms with Crippen molar-refractivity contribution in [3.8, 4) is 0 Å². The maximum atomic E-state index is 12.0. The van der Waals surface area contributed by atoms with Gasteiger partial charge in [0.25, 0.3) is 0 Å². The monoisotopic (exact) mass is 318 g/mol. The highest BCUT2D eigenvalue weighted by molar-refractivity contribution is 5.93. The molecule has 2 amide bonds. The number of anilines is 1. The molecule has 1 aliphatic heterocycles. The Bertz CT molecular complexity index is 555. The molecule has 0 aliphatic carbocycles. The second kappa shape index (κ2) is 7.00. The lowest BCUT2D eigenvalue weighted by atomic mass is 10.1. The van der Waals surface area contributed by atoms with Crippen molar-refractivity contribution >= 4 is 17.5 Å². The third kappa shape index (κ3) is 5.25. The molecule has 3 N–H and O–H groups in total. The van der Waals surface area contributed by atoms with Gasteiger partial charge in [-0.25, -0.2) is 0 Å². The lowest BCUT2D eigenvalue weighted by Crippen LogP contribution is -2.51. The number of nitrogens with two attached hydrogens (primary N) is 1. The van der Waals surface area contributed by atoms with Crippen molar-refractivity contribution in [3.63, 3.8) is 0 Å². The lowest BCUT2D eigenvalue weighted by Gasteiger charge is -2.36. The molecule has 126 valence electrons. The number of amides is 2. The van der Waals surface area contributed by atoms with E-state index >= 15 is 0 Å². The Balaban J connectivity index is 1.84. The number of carbonyl (C=O) groups is 2. The predicted octanol–water partition coefficient (Wildman–Crippen LogP) is 0.822. The maximum absolute atomic E-state index is 12.0. The zero-order valence-electron chi connectivity index (χ0n) is 14.1. The largest absolute Gasteiger partial charge is 0.369 e. The van der Waals surface area contributed by atoms with Crippen LogP contribution >= 0.6 is 0 Å². The number of hydrogen-bond donors (Lipinski definition) is 2. The van der Waals surface area contributed by atoms with Gasteiger partial charge < -0.3 is 16.0 Å². The van der Waals surface area contributed by atoms with Crippen LogP contribution in [0.2, 0.25) is 0 Å². The minimum Gasteiger partial charge on any atom is -0.369 e. The fourth-order valence-corrected chi connectivity index (χ4v) is 2.66. The molecule has 1 heterocycles. The summed E-state index contributed by atoms with van der Waals surface area (Å²) in [5.41, 5.74) is 6.66. The number of nitrogens with one attached hydrogen (secondary N) is 1. The van der Waals surface area contributed by atoms with Gasteiger partial charge in [-0.2, -0.15) is 0 Å². The van der Waals surface area contributed by atoms with Gasteiger partial charge in [-0.05, 0) is 45.0 Å². The average Bonchev–Trinajstić information content (AvgIpc) is 2.46. The van der Waals surface area contributed by atoms with Crippen molar-refractivity contribution in [2.45, 2.75) is 26.3 Å². The molecule has 1 fully saturated rings. The fraction of sp³-hybridized carbons (Fsp3) is 0.529. The van der Waals surface area contributed by atoms with Gasteiger partial charge >= 0.3 is 0 Å². The number of nitrogens with zero attached hydrogens (tertiary/aromatic N) is 2. The van der Waals surface area contributed by atoms with E-state index in [-0.39, 0.29) is 11.4 Å². The van der Waals surface area contributed by atoms with Crippen LogP contribution in [-0.4, -0.2) is 55.0 Å². The molecule has 1 aromatic carbocycles. The smallest absolute Gasteiger partial charge is 0.248 e. The molecule has 23 heavy (non-hydrogen) atoms. The van der Waals surface area contributed by atoms with E-state index in [1.165, 1.54) is 0 Å². The van der Waals surface area contributed by atoms with Crippen LogP contribution in [0.1, 0.15) is 31.1 Å². The number of hydrogen-bond acceptors (Lipinski definition) is 4. The second-order valence-electron chi connectivity index (χ2n) is 6.97. The van der Waals surface area contributed by atoms with Gasteiger partial charge in [0.15, 0.2) is 0 Å². The van der Waals surface area contributed by atoms with Crippen molar-refractivity contribution in [2.75, 3.05) is 37.6 Å². The summed E-state index contributed by atoms with van der Waals surface area (Å²) in [6.45, 7) is 9.79. The Hall–Kier alpha value is -2.08. The summed E-state index contributed by atoms with van der Waals surface area (Å²) < 4.78 is 0. The van der Waals surface area contributed by atoms with E-state index in [2.05, 4.69) is 15.1 Å². The van der Waals surface area contributed by atoms with Crippen molar-refractivity contribution in [1.29, 1.82) is 0 Å². The third-order valence-electron chi connectivity index (χ3n) is 3.77. The summed E-state index contributed by atoms with van der Waals surface area (Å²) in [6, 6.07) is 7.34. The lowest BCUT2D eigenvalue weighted by molar-refractivity contribution is -0.123. The number of primary amides is 1. The van der Waals surface area contributed by atoms with Crippen LogP contribution < -0.4 is 16.0 Å². The highest BCUT2D eigenvalue weighted by atomic mass is 16.2. The van der Waals surface area contributed by atoms with Gasteiger partial charge in [0.05, 0.1) is 6.54 Å². The molecule has 0 atom stereocenters. The van der Waals surface area contributed by atoms with Gasteiger partial charge in [-0.1, -0.05) is 0 Å². The summed E-state index contributed by atoms with van der Waals surface area (Å²) >= 11 is 0. The number of piperazine rings is 1. The minimum absolute atomic E-state index is 0.0664. The fourth-order valence-electron chi connectivity index (χ4n) is 2.66. The second-order valence-corrected chi connectivity index (χ2v) is 6.97. The Morgan fingerprint density at radius 1 is 1.09 bits per heavy atom. The summed E-state index contributed by atoms with van der Waals surface area (Å²) in [5.74, 6) is -0.344. The molecule has 1 aromatic rings. The van der Waals surface area contributed by atoms with Crippen LogP contribution in [-0.2, 0) is 4.79 Å². The molecule has 0 spiro atoms. The highest BCUT2D eigenvalue weighted by Gasteiger charge is 2.21. The van der Waals surface area contributed by atoms with Crippen molar-refractivity contribution in [1.82, 2.24) is 10.2 Å². The standard InChI is InChI=1S/C17H26N4O2/c1-17(2,3)19-15(22)12-20-8-10-21(11-9-20)14-6-4-13(5-7-14)16(18)23/h4-7H,8-12H2,1-3H3,(H2,18,23)(H,19,22). The maximum Gasteiger partial charge on any atom is 0.248 e. The van der Waals surface area contributed by atoms with Crippen molar-refractivity contribution < 1.29 is 9.59 Å². The summed E-state index contributed by atoms with van der Waals surface area (Å²) in [5, 5.41) is 2.99. The van der Waals surface area contributed by atoms with Gasteiger partial charge in [-0.3, -0.25) is 14.5 Å². The summed E-state index contributed by atoms with van der Waals surface area (Å²) in [4.78, 5) is 27.5. The quantitative estimate of drug-likeness (QED) is 0.861. The molecular weight excluding hydrogens is 292 g/mol. The van der Waals surface area contributed by atoms with E-state index in [0.717, 1.165) is 31.9 Å². The Kier molecular flexibility index (Phi) is 5.26. The summed E-state index contributed by atoms with van der Waals surface area (Å²) in [7, 11) is 0. The Morgan fingerprint density at radius 3 is 2.13 bits per heavy atom. The van der Waals surface area contributed by atoms with Gasteiger partial charge in [0.2, 0.25) is 11.8 Å². The molecule has 1 aliphatic rings. The first kappa shape index (κ1) is 17.3.